The molecule has 0 aromatic carbocycles. The number of nitrogens with zero attached hydrogens (tertiary/aromatic N) is 2. The average Bonchev–Trinajstić information content (AvgIpc) is 2.75. The average molecular weight is 180 g/mol. The second-order valence-corrected chi connectivity index (χ2v) is 3.28. The summed E-state index contributed by atoms with van der Waals surface area (Å²) in [5.74, 6) is 1.32. The minimum atomic E-state index is 0.627. The summed E-state index contributed by atoms with van der Waals surface area (Å²) < 4.78 is 5.37. The number of rotatable bonds is 2. The van der Waals surface area contributed by atoms with Crippen LogP contribution in [0.15, 0.2) is 21.9 Å². The molecule has 3 nitrogen and oxygen atoms in total. The molecule has 0 fully saturated rings. The van der Waals surface area contributed by atoms with Crippen LogP contribution in [0, 0.1) is 0 Å². The van der Waals surface area contributed by atoms with Crippen molar-refractivity contribution in [2.45, 2.75) is 13.3 Å². The minimum absolute atomic E-state index is 0.627. The van der Waals surface area contributed by atoms with Crippen LogP contribution >= 0.6 is 11.3 Å². The van der Waals surface area contributed by atoms with E-state index in [9.17, 15) is 0 Å². The van der Waals surface area contributed by atoms with Gasteiger partial charge in [-0.1, -0.05) is 13.0 Å². The molecule has 0 aliphatic heterocycles. The SMILES string of the molecule is CCc1nnc(-c2cccs2)o1. The summed E-state index contributed by atoms with van der Waals surface area (Å²) in [6, 6.07) is 3.94. The summed E-state index contributed by atoms with van der Waals surface area (Å²) in [7, 11) is 0. The molecule has 4 heteroatoms. The highest BCUT2D eigenvalue weighted by Crippen LogP contribution is 2.22. The zero-order valence-electron chi connectivity index (χ0n) is 6.65. The summed E-state index contributed by atoms with van der Waals surface area (Å²) in [5, 5.41) is 9.80. The van der Waals surface area contributed by atoms with E-state index in [0.29, 0.717) is 11.8 Å². The fraction of sp³-hybridized carbons (Fsp3) is 0.250. The second-order valence-electron chi connectivity index (χ2n) is 2.33. The highest BCUT2D eigenvalue weighted by molar-refractivity contribution is 7.13. The van der Waals surface area contributed by atoms with Crippen molar-refractivity contribution < 1.29 is 4.42 Å². The molecule has 0 radical (unpaired) electrons. The van der Waals surface area contributed by atoms with Crippen molar-refractivity contribution in [1.29, 1.82) is 0 Å². The Morgan fingerprint density at radius 1 is 1.50 bits per heavy atom. The van der Waals surface area contributed by atoms with E-state index in [4.69, 9.17) is 4.42 Å². The third-order valence-electron chi connectivity index (χ3n) is 1.50. The Kier molecular flexibility index (Phi) is 1.91. The topological polar surface area (TPSA) is 38.9 Å². The van der Waals surface area contributed by atoms with Gasteiger partial charge in [0.05, 0.1) is 4.88 Å². The van der Waals surface area contributed by atoms with E-state index in [-0.39, 0.29) is 0 Å². The fourth-order valence-corrected chi connectivity index (χ4v) is 1.54. The number of aromatic nitrogens is 2. The predicted molar refractivity (Wildman–Crippen MR) is 47.0 cm³/mol. The molecule has 0 unspecified atom stereocenters. The Morgan fingerprint density at radius 2 is 2.42 bits per heavy atom. The second kappa shape index (κ2) is 3.06. The molecule has 0 aliphatic rings. The van der Waals surface area contributed by atoms with E-state index in [2.05, 4.69) is 10.2 Å². The van der Waals surface area contributed by atoms with Gasteiger partial charge in [-0.25, -0.2) is 0 Å². The summed E-state index contributed by atoms with van der Waals surface area (Å²) in [4.78, 5) is 1.03. The van der Waals surface area contributed by atoms with Crippen LogP contribution in [0.1, 0.15) is 12.8 Å². The fourth-order valence-electron chi connectivity index (χ4n) is 0.896. The van der Waals surface area contributed by atoms with Crippen molar-refractivity contribution in [3.05, 3.63) is 23.4 Å². The molecule has 62 valence electrons. The number of thiophene rings is 1. The first-order chi connectivity index (χ1) is 5.90. The lowest BCUT2D eigenvalue weighted by Gasteiger charge is -1.84. The van der Waals surface area contributed by atoms with Crippen LogP contribution < -0.4 is 0 Å². The normalized spacial score (nSPS) is 10.4. The lowest BCUT2D eigenvalue weighted by molar-refractivity contribution is 0.514. The van der Waals surface area contributed by atoms with Crippen LogP contribution in [-0.2, 0) is 6.42 Å². The van der Waals surface area contributed by atoms with Gasteiger partial charge in [0.1, 0.15) is 0 Å². The third kappa shape index (κ3) is 1.25. The van der Waals surface area contributed by atoms with Crippen molar-refractivity contribution >= 4 is 11.3 Å². The van der Waals surface area contributed by atoms with Gasteiger partial charge in [-0.05, 0) is 11.4 Å². The molecule has 2 rings (SSSR count). The Hall–Kier alpha value is -1.16. The Morgan fingerprint density at radius 3 is 3.00 bits per heavy atom. The van der Waals surface area contributed by atoms with E-state index < -0.39 is 0 Å². The third-order valence-corrected chi connectivity index (χ3v) is 2.36. The monoisotopic (exact) mass is 180 g/mol. The van der Waals surface area contributed by atoms with Crippen LogP contribution in [-0.4, -0.2) is 10.2 Å². The largest absolute Gasteiger partial charge is 0.420 e. The molecule has 0 amide bonds. The molecule has 2 aromatic rings. The van der Waals surface area contributed by atoms with Gasteiger partial charge in [-0.15, -0.1) is 21.5 Å². The number of aryl methyl sites for hydroxylation is 1. The molecular formula is C8H8N2OS. The number of hydrogen-bond donors (Lipinski definition) is 0. The van der Waals surface area contributed by atoms with Crippen molar-refractivity contribution in [3.8, 4) is 10.8 Å². The van der Waals surface area contributed by atoms with Crippen LogP contribution in [0.25, 0.3) is 10.8 Å². The first-order valence-corrected chi connectivity index (χ1v) is 4.64. The van der Waals surface area contributed by atoms with Crippen molar-refractivity contribution in [2.24, 2.45) is 0 Å². The highest BCUT2D eigenvalue weighted by atomic mass is 32.1. The molecule has 0 aliphatic carbocycles. The quantitative estimate of drug-likeness (QED) is 0.712. The van der Waals surface area contributed by atoms with Gasteiger partial charge in [-0.2, -0.15) is 0 Å². The standard InChI is InChI=1S/C8H8N2OS/c1-2-7-9-10-8(11-7)6-4-3-5-12-6/h3-5H,2H2,1H3. The van der Waals surface area contributed by atoms with Gasteiger partial charge in [-0.3, -0.25) is 0 Å². The summed E-state index contributed by atoms with van der Waals surface area (Å²) in [5.41, 5.74) is 0. The van der Waals surface area contributed by atoms with Gasteiger partial charge >= 0.3 is 0 Å². The zero-order valence-corrected chi connectivity index (χ0v) is 7.47. The predicted octanol–water partition coefficient (Wildman–Crippen LogP) is 2.36. The molecule has 2 heterocycles. The highest BCUT2D eigenvalue weighted by Gasteiger charge is 2.06. The lowest BCUT2D eigenvalue weighted by atomic mass is 10.5. The van der Waals surface area contributed by atoms with Crippen LogP contribution in [0.3, 0.4) is 0 Å². The van der Waals surface area contributed by atoms with E-state index in [1.807, 2.05) is 24.4 Å². The zero-order chi connectivity index (χ0) is 8.39. The van der Waals surface area contributed by atoms with Crippen molar-refractivity contribution in [2.75, 3.05) is 0 Å². The first-order valence-electron chi connectivity index (χ1n) is 3.76. The lowest BCUT2D eigenvalue weighted by Crippen LogP contribution is -1.76. The molecule has 0 saturated heterocycles. The van der Waals surface area contributed by atoms with Crippen LogP contribution in [0.4, 0.5) is 0 Å². The molecule has 0 N–H and O–H groups in total. The van der Waals surface area contributed by atoms with Gasteiger partial charge in [0.15, 0.2) is 0 Å². The summed E-state index contributed by atoms with van der Waals surface area (Å²) >= 11 is 1.60. The van der Waals surface area contributed by atoms with E-state index in [1.165, 1.54) is 0 Å². The molecule has 12 heavy (non-hydrogen) atoms. The maximum absolute atomic E-state index is 5.37. The van der Waals surface area contributed by atoms with Crippen LogP contribution in [0.5, 0.6) is 0 Å². The van der Waals surface area contributed by atoms with Gasteiger partial charge in [0.2, 0.25) is 5.89 Å². The molecule has 0 atom stereocenters. The summed E-state index contributed by atoms with van der Waals surface area (Å²) in [6.45, 7) is 1.99. The van der Waals surface area contributed by atoms with Crippen molar-refractivity contribution in [1.82, 2.24) is 10.2 Å². The maximum Gasteiger partial charge on any atom is 0.257 e. The molecule has 0 bridgehead atoms. The Labute approximate surface area is 74.1 Å². The number of hydrogen-bond acceptors (Lipinski definition) is 4. The summed E-state index contributed by atoms with van der Waals surface area (Å²) in [6.07, 6.45) is 0.790. The smallest absolute Gasteiger partial charge is 0.257 e. The van der Waals surface area contributed by atoms with Gasteiger partial charge < -0.3 is 4.42 Å². The molecular weight excluding hydrogens is 172 g/mol. The van der Waals surface area contributed by atoms with E-state index in [1.54, 1.807) is 11.3 Å². The Balaban J connectivity index is 2.35. The van der Waals surface area contributed by atoms with Gasteiger partial charge in [0.25, 0.3) is 5.89 Å². The van der Waals surface area contributed by atoms with E-state index in [0.717, 1.165) is 11.3 Å². The van der Waals surface area contributed by atoms with Gasteiger partial charge in [0, 0.05) is 6.42 Å². The molecule has 0 spiro atoms. The van der Waals surface area contributed by atoms with Crippen LogP contribution in [0.2, 0.25) is 0 Å². The van der Waals surface area contributed by atoms with E-state index >= 15 is 0 Å². The Bertz CT molecular complexity index is 353. The van der Waals surface area contributed by atoms with Crippen molar-refractivity contribution in [3.63, 3.8) is 0 Å². The maximum atomic E-state index is 5.37. The molecule has 2 aromatic heterocycles. The first kappa shape index (κ1) is 7.49. The minimum Gasteiger partial charge on any atom is -0.420 e. The molecule has 0 saturated carbocycles.